The number of carbonyl (C=O) groups excluding carboxylic acids is 1. The maximum Gasteiger partial charge on any atom is 0.308 e. The molecule has 0 amide bonds. The van der Waals surface area contributed by atoms with Crippen molar-refractivity contribution in [1.29, 1.82) is 0 Å². The highest BCUT2D eigenvalue weighted by Gasteiger charge is 2.06. The van der Waals surface area contributed by atoms with Gasteiger partial charge >= 0.3 is 5.97 Å². The first-order valence-electron chi connectivity index (χ1n) is 2.93. The topological polar surface area (TPSA) is 46.2 Å². The van der Waals surface area contributed by atoms with E-state index in [0.717, 1.165) is 0 Å². The number of hydrogen-bond donors (Lipinski definition) is 0. The summed E-state index contributed by atoms with van der Waals surface area (Å²) in [5.41, 5.74) is 0. The highest BCUT2D eigenvalue weighted by molar-refractivity contribution is 5.71. The van der Waals surface area contributed by atoms with E-state index in [0.29, 0.717) is 0 Å². The van der Waals surface area contributed by atoms with Gasteiger partial charge in [-0.05, 0) is 0 Å². The minimum Gasteiger partial charge on any atom is -0.463 e. The molecule has 3 nitrogen and oxygen atoms in total. The van der Waals surface area contributed by atoms with Crippen molar-refractivity contribution in [1.82, 2.24) is 0 Å². The molecule has 0 aromatic heterocycles. The Balaban J connectivity index is 3.28. The summed E-state index contributed by atoms with van der Waals surface area (Å²) < 4.78 is 4.50. The maximum atomic E-state index is 10.5. The molecule has 0 rings (SSSR count). The van der Waals surface area contributed by atoms with E-state index in [4.69, 9.17) is 0 Å². The minimum absolute atomic E-state index is 0.00296. The van der Waals surface area contributed by atoms with Crippen molar-refractivity contribution in [2.24, 2.45) is 5.92 Å². The van der Waals surface area contributed by atoms with Gasteiger partial charge in [0.15, 0.2) is 0 Å². The Hall–Kier alpha value is -0.570. The van der Waals surface area contributed by atoms with Gasteiger partial charge in [0, 0.05) is 0 Å². The fourth-order valence-electron chi connectivity index (χ4n) is 0.309. The summed E-state index contributed by atoms with van der Waals surface area (Å²) >= 11 is 0. The second-order valence-electron chi connectivity index (χ2n) is 2.03. The zero-order valence-corrected chi connectivity index (χ0v) is 5.72. The Kier molecular flexibility index (Phi) is 4.05. The molecule has 0 unspecified atom stereocenters. The molecule has 0 atom stereocenters. The summed E-state index contributed by atoms with van der Waals surface area (Å²) in [6, 6.07) is 0. The van der Waals surface area contributed by atoms with Crippen LogP contribution in [0, 0.1) is 5.92 Å². The molecule has 53 valence electrons. The predicted octanol–water partition coefficient (Wildman–Crippen LogP) is 0.616. The van der Waals surface area contributed by atoms with Crippen LogP contribution >= 0.6 is 0 Å². The lowest BCUT2D eigenvalue weighted by Gasteiger charge is -2.02. The SMILES string of the molecule is CC(C)C(=O)OCC[O]. The van der Waals surface area contributed by atoms with Gasteiger partial charge in [-0.3, -0.25) is 4.79 Å². The molecular weight excluding hydrogens is 120 g/mol. The van der Waals surface area contributed by atoms with Crippen molar-refractivity contribution in [3.05, 3.63) is 0 Å². The lowest BCUT2D eigenvalue weighted by molar-refractivity contribution is -0.148. The molecule has 9 heavy (non-hydrogen) atoms. The number of carbonyl (C=O) groups is 1. The summed E-state index contributed by atoms with van der Waals surface area (Å²) in [5.74, 6) is -0.428. The highest BCUT2D eigenvalue weighted by Crippen LogP contribution is 1.94. The summed E-state index contributed by atoms with van der Waals surface area (Å²) in [7, 11) is 0. The first-order chi connectivity index (χ1) is 4.18. The van der Waals surface area contributed by atoms with Crippen LogP contribution < -0.4 is 0 Å². The van der Waals surface area contributed by atoms with Gasteiger partial charge in [0.05, 0.1) is 5.92 Å². The van der Waals surface area contributed by atoms with E-state index in [1.165, 1.54) is 0 Å². The largest absolute Gasteiger partial charge is 0.463 e. The molecule has 0 aliphatic heterocycles. The summed E-state index contributed by atoms with van der Waals surface area (Å²) in [4.78, 5) is 10.5. The van der Waals surface area contributed by atoms with Crippen LogP contribution in [0.4, 0.5) is 0 Å². The maximum absolute atomic E-state index is 10.5. The van der Waals surface area contributed by atoms with Crippen LogP contribution in [-0.4, -0.2) is 19.2 Å². The smallest absolute Gasteiger partial charge is 0.308 e. The Morgan fingerprint density at radius 2 is 2.11 bits per heavy atom. The van der Waals surface area contributed by atoms with E-state index in [2.05, 4.69) is 4.74 Å². The van der Waals surface area contributed by atoms with Gasteiger partial charge in [-0.1, -0.05) is 13.8 Å². The van der Waals surface area contributed by atoms with E-state index in [1.807, 2.05) is 0 Å². The van der Waals surface area contributed by atoms with E-state index in [9.17, 15) is 9.90 Å². The lowest BCUT2D eigenvalue weighted by Crippen LogP contribution is -2.13. The minimum atomic E-state index is -0.349. The average Bonchev–Trinajstić information content (AvgIpc) is 1.82. The van der Waals surface area contributed by atoms with Crippen LogP contribution in [0.5, 0.6) is 0 Å². The van der Waals surface area contributed by atoms with Crippen LogP contribution in [0.15, 0.2) is 0 Å². The fraction of sp³-hybridized carbons (Fsp3) is 0.833. The van der Waals surface area contributed by atoms with Crippen LogP contribution in [0.2, 0.25) is 0 Å². The van der Waals surface area contributed by atoms with Crippen molar-refractivity contribution in [3.8, 4) is 0 Å². The van der Waals surface area contributed by atoms with Crippen molar-refractivity contribution >= 4 is 5.97 Å². The third-order valence-corrected chi connectivity index (χ3v) is 0.799. The molecule has 0 aromatic rings. The number of esters is 1. The Labute approximate surface area is 54.6 Å². The van der Waals surface area contributed by atoms with Gasteiger partial charge < -0.3 is 4.74 Å². The standard InChI is InChI=1S/C6H11O3/c1-5(2)6(8)9-4-3-7/h5H,3-4H2,1-2H3. The number of rotatable bonds is 3. The summed E-state index contributed by atoms with van der Waals surface area (Å²) in [6.07, 6.45) is 0. The van der Waals surface area contributed by atoms with Gasteiger partial charge in [-0.15, -0.1) is 0 Å². The molecule has 0 aliphatic carbocycles. The lowest BCUT2D eigenvalue weighted by atomic mass is 10.2. The van der Waals surface area contributed by atoms with E-state index >= 15 is 0 Å². The predicted molar refractivity (Wildman–Crippen MR) is 31.4 cm³/mol. The number of hydrogen-bond acceptors (Lipinski definition) is 2. The average molecular weight is 131 g/mol. The molecule has 3 heteroatoms. The van der Waals surface area contributed by atoms with Gasteiger partial charge in [-0.25, -0.2) is 5.11 Å². The molecule has 0 heterocycles. The summed E-state index contributed by atoms with van der Waals surface area (Å²) in [6.45, 7) is 3.11. The quantitative estimate of drug-likeness (QED) is 0.527. The molecule has 0 saturated heterocycles. The van der Waals surface area contributed by atoms with Gasteiger partial charge in [0.2, 0.25) is 0 Å². The second kappa shape index (κ2) is 4.32. The Morgan fingerprint density at radius 3 is 2.44 bits per heavy atom. The molecule has 0 bridgehead atoms. The molecular formula is C6H11O3. The van der Waals surface area contributed by atoms with Crippen molar-refractivity contribution in [2.75, 3.05) is 13.2 Å². The fourth-order valence-corrected chi connectivity index (χ4v) is 0.309. The third-order valence-electron chi connectivity index (χ3n) is 0.799. The van der Waals surface area contributed by atoms with Crippen LogP contribution in [0.1, 0.15) is 13.8 Å². The second-order valence-corrected chi connectivity index (χ2v) is 2.03. The molecule has 0 spiro atoms. The normalized spacial score (nSPS) is 9.78. The molecule has 0 aromatic carbocycles. The van der Waals surface area contributed by atoms with Gasteiger partial charge in [-0.2, -0.15) is 0 Å². The zero-order chi connectivity index (χ0) is 7.28. The molecule has 0 saturated carbocycles. The molecule has 0 N–H and O–H groups in total. The van der Waals surface area contributed by atoms with E-state index in [1.54, 1.807) is 13.8 Å². The first-order valence-corrected chi connectivity index (χ1v) is 2.93. The van der Waals surface area contributed by atoms with E-state index < -0.39 is 0 Å². The molecule has 0 aliphatic rings. The van der Waals surface area contributed by atoms with Crippen LogP contribution in [-0.2, 0) is 14.6 Å². The van der Waals surface area contributed by atoms with Gasteiger partial charge in [0.1, 0.15) is 13.2 Å². The monoisotopic (exact) mass is 131 g/mol. The molecule has 1 radical (unpaired) electrons. The van der Waals surface area contributed by atoms with Crippen molar-refractivity contribution in [2.45, 2.75) is 13.8 Å². The number of ether oxygens (including phenoxy) is 1. The summed E-state index contributed by atoms with van der Waals surface area (Å²) in [5, 5.41) is 9.78. The van der Waals surface area contributed by atoms with Crippen LogP contribution in [0.3, 0.4) is 0 Å². The molecule has 0 fully saturated rings. The van der Waals surface area contributed by atoms with Crippen molar-refractivity contribution < 1.29 is 14.6 Å². The van der Waals surface area contributed by atoms with E-state index in [-0.39, 0.29) is 25.1 Å². The first kappa shape index (κ1) is 8.43. The Bertz CT molecular complexity index is 88.3. The van der Waals surface area contributed by atoms with Crippen LogP contribution in [0.25, 0.3) is 0 Å². The Morgan fingerprint density at radius 1 is 1.56 bits per heavy atom. The zero-order valence-electron chi connectivity index (χ0n) is 5.72. The van der Waals surface area contributed by atoms with Gasteiger partial charge in [0.25, 0.3) is 0 Å². The highest BCUT2D eigenvalue weighted by atomic mass is 16.5. The van der Waals surface area contributed by atoms with Crippen molar-refractivity contribution in [3.63, 3.8) is 0 Å². The third kappa shape index (κ3) is 3.97.